The van der Waals surface area contributed by atoms with Gasteiger partial charge in [-0.1, -0.05) is 36.7 Å². The van der Waals surface area contributed by atoms with Crippen LogP contribution in [0.25, 0.3) is 0 Å². The summed E-state index contributed by atoms with van der Waals surface area (Å²) in [6.45, 7) is 7.13. The van der Waals surface area contributed by atoms with Crippen LogP contribution in [0.15, 0.2) is 0 Å². The van der Waals surface area contributed by atoms with E-state index >= 15 is 0 Å². The molecule has 1 atom stereocenters. The van der Waals surface area contributed by atoms with Gasteiger partial charge in [-0.2, -0.15) is 0 Å². The maximum absolute atomic E-state index is 3.59. The first kappa shape index (κ1) is 11.6. The summed E-state index contributed by atoms with van der Waals surface area (Å²) in [5, 5.41) is 1.18. The smallest absolute Gasteiger partial charge is 0.00596 e. The Morgan fingerprint density at radius 1 is 1.00 bits per heavy atom. The summed E-state index contributed by atoms with van der Waals surface area (Å²) >= 11 is 3.59. The third kappa shape index (κ3) is 3.27. The van der Waals surface area contributed by atoms with Gasteiger partial charge in [0.15, 0.2) is 0 Å². The van der Waals surface area contributed by atoms with Gasteiger partial charge in [0.1, 0.15) is 0 Å². The summed E-state index contributed by atoms with van der Waals surface area (Å²) in [6.07, 6.45) is 5.88. The fourth-order valence-corrected chi connectivity index (χ4v) is 3.04. The van der Waals surface area contributed by atoms with E-state index in [0.717, 1.165) is 23.7 Å². The molecule has 1 heteroatoms. The van der Waals surface area contributed by atoms with Crippen molar-refractivity contribution in [1.82, 2.24) is 0 Å². The molecule has 0 nitrogen and oxygen atoms in total. The van der Waals surface area contributed by atoms with Gasteiger partial charge in [0.25, 0.3) is 0 Å². The SMILES string of the molecule is CC(C)C1CCC(C(C)CBr)CC1. The van der Waals surface area contributed by atoms with Crippen LogP contribution in [0.5, 0.6) is 0 Å². The monoisotopic (exact) mass is 246 g/mol. The van der Waals surface area contributed by atoms with E-state index in [4.69, 9.17) is 0 Å². The highest BCUT2D eigenvalue weighted by molar-refractivity contribution is 9.09. The average molecular weight is 247 g/mol. The fraction of sp³-hybridized carbons (Fsp3) is 1.00. The molecule has 0 spiro atoms. The molecule has 0 aromatic heterocycles. The Hall–Kier alpha value is 0.480. The minimum absolute atomic E-state index is 0.883. The lowest BCUT2D eigenvalue weighted by atomic mass is 9.73. The van der Waals surface area contributed by atoms with Crippen molar-refractivity contribution in [3.8, 4) is 0 Å². The summed E-state index contributed by atoms with van der Waals surface area (Å²) in [5.74, 6) is 3.79. The predicted molar refractivity (Wildman–Crippen MR) is 63.2 cm³/mol. The zero-order valence-electron chi connectivity index (χ0n) is 9.22. The number of hydrogen-bond donors (Lipinski definition) is 0. The van der Waals surface area contributed by atoms with Gasteiger partial charge in [0.2, 0.25) is 0 Å². The zero-order valence-corrected chi connectivity index (χ0v) is 10.8. The van der Waals surface area contributed by atoms with Crippen LogP contribution >= 0.6 is 15.9 Å². The Kier molecular flexibility index (Phi) is 4.78. The standard InChI is InChI=1S/C12H23Br/c1-9(2)11-4-6-12(7-5-11)10(3)8-13/h9-12H,4-8H2,1-3H3. The van der Waals surface area contributed by atoms with Crippen molar-refractivity contribution >= 4 is 15.9 Å². The Balaban J connectivity index is 2.30. The van der Waals surface area contributed by atoms with Crippen LogP contribution in [0.4, 0.5) is 0 Å². The molecule has 0 heterocycles. The first-order chi connectivity index (χ1) is 6.15. The third-order valence-corrected chi connectivity index (χ3v) is 4.83. The van der Waals surface area contributed by atoms with E-state index < -0.39 is 0 Å². The van der Waals surface area contributed by atoms with E-state index in [0.29, 0.717) is 0 Å². The van der Waals surface area contributed by atoms with Crippen molar-refractivity contribution in [3.05, 3.63) is 0 Å². The summed E-state index contributed by atoms with van der Waals surface area (Å²) in [5.41, 5.74) is 0. The second-order valence-corrected chi connectivity index (χ2v) is 5.70. The molecule has 13 heavy (non-hydrogen) atoms. The fourth-order valence-electron chi connectivity index (χ4n) is 2.51. The lowest BCUT2D eigenvalue weighted by Gasteiger charge is -2.33. The Bertz CT molecular complexity index is 134. The van der Waals surface area contributed by atoms with Crippen LogP contribution in [0.3, 0.4) is 0 Å². The summed E-state index contributed by atoms with van der Waals surface area (Å²) in [7, 11) is 0. The van der Waals surface area contributed by atoms with Crippen LogP contribution in [-0.2, 0) is 0 Å². The molecule has 0 aromatic rings. The molecular weight excluding hydrogens is 224 g/mol. The van der Waals surface area contributed by atoms with E-state index in [-0.39, 0.29) is 0 Å². The molecule has 0 aromatic carbocycles. The maximum Gasteiger partial charge on any atom is 0.00596 e. The van der Waals surface area contributed by atoms with E-state index in [2.05, 4.69) is 36.7 Å². The normalized spacial score (nSPS) is 32.1. The van der Waals surface area contributed by atoms with Crippen molar-refractivity contribution in [2.45, 2.75) is 46.5 Å². The van der Waals surface area contributed by atoms with Gasteiger partial charge >= 0.3 is 0 Å². The summed E-state index contributed by atoms with van der Waals surface area (Å²) in [4.78, 5) is 0. The van der Waals surface area contributed by atoms with Crippen molar-refractivity contribution < 1.29 is 0 Å². The molecule has 78 valence electrons. The predicted octanol–water partition coefficient (Wildman–Crippen LogP) is 4.48. The molecule has 1 unspecified atom stereocenters. The molecule has 0 radical (unpaired) electrons. The van der Waals surface area contributed by atoms with Gasteiger partial charge in [-0.05, 0) is 49.4 Å². The van der Waals surface area contributed by atoms with Gasteiger partial charge in [0.05, 0.1) is 0 Å². The molecule has 0 saturated heterocycles. The molecule has 1 saturated carbocycles. The quantitative estimate of drug-likeness (QED) is 0.645. The maximum atomic E-state index is 3.59. The van der Waals surface area contributed by atoms with Gasteiger partial charge in [-0.25, -0.2) is 0 Å². The summed E-state index contributed by atoms with van der Waals surface area (Å²) in [6, 6.07) is 0. The second-order valence-electron chi connectivity index (χ2n) is 5.05. The van der Waals surface area contributed by atoms with E-state index in [1.54, 1.807) is 0 Å². The van der Waals surface area contributed by atoms with Crippen molar-refractivity contribution in [2.75, 3.05) is 5.33 Å². The highest BCUT2D eigenvalue weighted by Crippen LogP contribution is 2.36. The van der Waals surface area contributed by atoms with Crippen molar-refractivity contribution in [2.24, 2.45) is 23.7 Å². The lowest BCUT2D eigenvalue weighted by Crippen LogP contribution is -2.23. The second kappa shape index (κ2) is 5.38. The highest BCUT2D eigenvalue weighted by Gasteiger charge is 2.25. The van der Waals surface area contributed by atoms with E-state index in [1.807, 2.05) is 0 Å². The van der Waals surface area contributed by atoms with E-state index in [9.17, 15) is 0 Å². The number of halogens is 1. The Morgan fingerprint density at radius 3 is 1.85 bits per heavy atom. The van der Waals surface area contributed by atoms with Gasteiger partial charge in [-0.15, -0.1) is 0 Å². The molecule has 1 aliphatic carbocycles. The van der Waals surface area contributed by atoms with Gasteiger partial charge in [0, 0.05) is 5.33 Å². The molecule has 1 aliphatic rings. The molecule has 1 rings (SSSR count). The average Bonchev–Trinajstić information content (AvgIpc) is 2.17. The molecule has 0 aliphatic heterocycles. The molecule has 0 amide bonds. The van der Waals surface area contributed by atoms with Crippen molar-refractivity contribution in [1.29, 1.82) is 0 Å². The molecule has 1 fully saturated rings. The Labute approximate surface area is 91.6 Å². The van der Waals surface area contributed by atoms with Crippen LogP contribution in [-0.4, -0.2) is 5.33 Å². The first-order valence-corrected chi connectivity index (χ1v) is 6.83. The number of alkyl halides is 1. The summed E-state index contributed by atoms with van der Waals surface area (Å²) < 4.78 is 0. The molecule has 0 bridgehead atoms. The minimum atomic E-state index is 0.883. The molecule has 0 N–H and O–H groups in total. The topological polar surface area (TPSA) is 0 Å². The van der Waals surface area contributed by atoms with Crippen LogP contribution < -0.4 is 0 Å². The van der Waals surface area contributed by atoms with Gasteiger partial charge < -0.3 is 0 Å². The minimum Gasteiger partial charge on any atom is -0.0925 e. The third-order valence-electron chi connectivity index (χ3n) is 3.81. The lowest BCUT2D eigenvalue weighted by molar-refractivity contribution is 0.191. The van der Waals surface area contributed by atoms with Crippen LogP contribution in [0, 0.1) is 23.7 Å². The van der Waals surface area contributed by atoms with Gasteiger partial charge in [-0.3, -0.25) is 0 Å². The van der Waals surface area contributed by atoms with Crippen molar-refractivity contribution in [3.63, 3.8) is 0 Å². The number of rotatable bonds is 3. The molecular formula is C12H23Br. The Morgan fingerprint density at radius 2 is 1.46 bits per heavy atom. The van der Waals surface area contributed by atoms with E-state index in [1.165, 1.54) is 31.0 Å². The van der Waals surface area contributed by atoms with Crippen LogP contribution in [0.2, 0.25) is 0 Å². The van der Waals surface area contributed by atoms with Crippen LogP contribution in [0.1, 0.15) is 46.5 Å². The number of hydrogen-bond acceptors (Lipinski definition) is 0. The zero-order chi connectivity index (χ0) is 9.84. The highest BCUT2D eigenvalue weighted by atomic mass is 79.9. The first-order valence-electron chi connectivity index (χ1n) is 5.71. The largest absolute Gasteiger partial charge is 0.0925 e.